The van der Waals surface area contributed by atoms with E-state index in [-0.39, 0.29) is 27.2 Å². The summed E-state index contributed by atoms with van der Waals surface area (Å²) >= 11 is 12.5. The maximum atomic E-state index is 13.2. The van der Waals surface area contributed by atoms with E-state index in [4.69, 9.17) is 38.4 Å². The third kappa shape index (κ3) is 8.67. The van der Waals surface area contributed by atoms with E-state index in [9.17, 15) is 14.4 Å². The summed E-state index contributed by atoms with van der Waals surface area (Å²) in [4.78, 5) is 46.9. The lowest BCUT2D eigenvalue weighted by atomic mass is 10.1. The number of carbonyl (C=O) groups is 2. The van der Waals surface area contributed by atoms with Crippen LogP contribution < -0.4 is 21.9 Å². The van der Waals surface area contributed by atoms with Crippen LogP contribution in [0.2, 0.25) is 10.0 Å². The number of aromatic nitrogens is 3. The summed E-state index contributed by atoms with van der Waals surface area (Å²) in [7, 11) is 1.54. The number of nitrogen functional groups attached to an aromatic ring is 1. The zero-order valence-corrected chi connectivity index (χ0v) is 24.8. The monoisotopic (exact) mass is 592 g/mol. The highest BCUT2D eigenvalue weighted by Gasteiger charge is 2.23. The molecule has 40 heavy (non-hydrogen) atoms. The fourth-order valence-electron chi connectivity index (χ4n) is 3.48. The summed E-state index contributed by atoms with van der Waals surface area (Å²) in [5, 5.41) is 5.78. The number of nitrogens with two attached hydrogens (primary N) is 1. The number of para-hydroxylation sites is 1. The number of nitrogens with zero attached hydrogens (tertiary/aromatic N) is 3. The highest BCUT2D eigenvalue weighted by molar-refractivity contribution is 6.37. The van der Waals surface area contributed by atoms with Crippen molar-refractivity contribution in [2.45, 2.75) is 52.7 Å². The lowest BCUT2D eigenvalue weighted by Crippen LogP contribution is -2.35. The molecule has 0 bridgehead atoms. The van der Waals surface area contributed by atoms with Gasteiger partial charge in [-0.1, -0.05) is 43.1 Å². The molecule has 0 aliphatic heterocycles. The number of alkyl carbamates (subject to hydrolysis) is 1. The first kappa shape index (κ1) is 32.5. The fourth-order valence-corrected chi connectivity index (χ4v) is 4.06. The Kier molecular flexibility index (Phi) is 11.9. The second kappa shape index (κ2) is 14.6. The van der Waals surface area contributed by atoms with Crippen molar-refractivity contribution in [3.8, 4) is 5.69 Å². The molecule has 216 valence electrons. The quantitative estimate of drug-likeness (QED) is 0.314. The average Bonchev–Trinajstić information content (AvgIpc) is 2.88. The Morgan fingerprint density at radius 2 is 1.80 bits per heavy atom. The number of nitrogens with one attached hydrogen (secondary N) is 2. The van der Waals surface area contributed by atoms with Gasteiger partial charge in [0.05, 0.1) is 33.7 Å². The van der Waals surface area contributed by atoms with Gasteiger partial charge in [0, 0.05) is 19.9 Å². The molecule has 3 rings (SSSR count). The van der Waals surface area contributed by atoms with Gasteiger partial charge in [-0.05, 0) is 51.0 Å². The van der Waals surface area contributed by atoms with E-state index in [1.54, 1.807) is 52.1 Å². The second-order valence-electron chi connectivity index (χ2n) is 9.19. The summed E-state index contributed by atoms with van der Waals surface area (Å²) in [6.07, 6.45) is 3.87. The molecule has 3 aromatic rings. The summed E-state index contributed by atoms with van der Waals surface area (Å²) in [6.45, 7) is 9.61. The number of amides is 2. The highest BCUT2D eigenvalue weighted by Crippen LogP contribution is 2.27. The average molecular weight is 594 g/mol. The summed E-state index contributed by atoms with van der Waals surface area (Å²) in [6, 6.07) is 5.80. The topological polar surface area (TPSA) is 150 Å². The Morgan fingerprint density at radius 1 is 1.15 bits per heavy atom. The minimum absolute atomic E-state index is 0.167. The van der Waals surface area contributed by atoms with E-state index in [1.807, 2.05) is 13.8 Å². The van der Waals surface area contributed by atoms with Crippen molar-refractivity contribution in [3.63, 3.8) is 0 Å². The number of hydrogen-bond acceptors (Lipinski definition) is 8. The number of rotatable bonds is 8. The van der Waals surface area contributed by atoms with Crippen LogP contribution in [-0.4, -0.2) is 45.9 Å². The molecule has 2 amide bonds. The maximum Gasteiger partial charge on any atom is 0.408 e. The lowest BCUT2D eigenvalue weighted by molar-refractivity contribution is 0.0492. The van der Waals surface area contributed by atoms with Gasteiger partial charge in [0.1, 0.15) is 23.3 Å². The van der Waals surface area contributed by atoms with Crippen LogP contribution in [0.5, 0.6) is 0 Å². The van der Waals surface area contributed by atoms with Crippen LogP contribution in [0.1, 0.15) is 63.0 Å². The molecule has 1 unspecified atom stereocenters. The summed E-state index contributed by atoms with van der Waals surface area (Å²) < 4.78 is 11.6. The van der Waals surface area contributed by atoms with Crippen LogP contribution in [0, 0.1) is 0 Å². The summed E-state index contributed by atoms with van der Waals surface area (Å²) in [5.41, 5.74) is 5.03. The smallest absolute Gasteiger partial charge is 0.408 e. The van der Waals surface area contributed by atoms with E-state index in [1.165, 1.54) is 12.4 Å². The second-order valence-corrected chi connectivity index (χ2v) is 10.0. The number of hydrogen-bond donors (Lipinski definition) is 3. The van der Waals surface area contributed by atoms with Gasteiger partial charge in [0.2, 0.25) is 0 Å². The zero-order chi connectivity index (χ0) is 30.0. The van der Waals surface area contributed by atoms with Crippen LogP contribution in [0.4, 0.5) is 16.3 Å². The molecule has 1 atom stereocenters. The largest absolute Gasteiger partial charge is 0.444 e. The van der Waals surface area contributed by atoms with Crippen molar-refractivity contribution in [2.24, 2.45) is 0 Å². The van der Waals surface area contributed by atoms with Crippen LogP contribution in [0.25, 0.3) is 5.69 Å². The SMILES string of the molecule is CC.COCCC(NC(=O)OC(C)(C)C)c1cncc(NC(=O)c2c(N)ncn(-c3c(Cl)cccc3Cl)c2=O)c1. The summed E-state index contributed by atoms with van der Waals surface area (Å²) in [5.74, 6) is -1.09. The fraction of sp³-hybridized carbons (Fsp3) is 0.370. The Morgan fingerprint density at radius 3 is 2.40 bits per heavy atom. The van der Waals surface area contributed by atoms with Crippen LogP contribution in [-0.2, 0) is 9.47 Å². The van der Waals surface area contributed by atoms with E-state index < -0.39 is 34.8 Å². The van der Waals surface area contributed by atoms with Crippen molar-refractivity contribution in [3.05, 3.63) is 74.5 Å². The normalized spacial score (nSPS) is 11.6. The molecule has 4 N–H and O–H groups in total. The number of pyridine rings is 1. The van der Waals surface area contributed by atoms with Gasteiger partial charge in [-0.25, -0.2) is 9.78 Å². The molecule has 0 aliphatic rings. The third-order valence-corrected chi connectivity index (χ3v) is 5.74. The van der Waals surface area contributed by atoms with Crippen LogP contribution in [0.3, 0.4) is 0 Å². The number of anilines is 2. The lowest BCUT2D eigenvalue weighted by Gasteiger charge is -2.24. The zero-order valence-electron chi connectivity index (χ0n) is 23.2. The van der Waals surface area contributed by atoms with Crippen molar-refractivity contribution in [2.75, 3.05) is 24.8 Å². The molecular formula is C27H34Cl2N6O5. The number of ether oxygens (including phenoxy) is 2. The van der Waals surface area contributed by atoms with Crippen LogP contribution in [0.15, 0.2) is 47.8 Å². The van der Waals surface area contributed by atoms with Gasteiger partial charge in [0.15, 0.2) is 0 Å². The number of carbonyl (C=O) groups excluding carboxylic acids is 2. The van der Waals surface area contributed by atoms with Crippen molar-refractivity contribution in [1.29, 1.82) is 0 Å². The molecule has 0 spiro atoms. The standard InChI is InChI=1S/C25H28Cl2N6O5.C2H6/c1-25(2,3)38-24(36)32-18(8-9-37-4)14-10-15(12-29-11-14)31-22(34)19-21(28)30-13-33(23(19)35)20-16(26)6-5-7-17(20)27;1-2/h5-7,10-13,18H,8-9,28H2,1-4H3,(H,31,34)(H,32,36);1-2H3. The van der Waals surface area contributed by atoms with E-state index >= 15 is 0 Å². The van der Waals surface area contributed by atoms with Gasteiger partial charge in [-0.2, -0.15) is 0 Å². The molecule has 2 aromatic heterocycles. The molecule has 0 fully saturated rings. The van der Waals surface area contributed by atoms with Gasteiger partial charge >= 0.3 is 6.09 Å². The third-order valence-electron chi connectivity index (χ3n) is 5.13. The highest BCUT2D eigenvalue weighted by atomic mass is 35.5. The minimum Gasteiger partial charge on any atom is -0.444 e. The van der Waals surface area contributed by atoms with Gasteiger partial charge in [-0.15, -0.1) is 0 Å². The molecule has 0 aliphatic carbocycles. The first-order chi connectivity index (χ1) is 18.9. The number of halogens is 2. The van der Waals surface area contributed by atoms with Crippen molar-refractivity contribution < 1.29 is 19.1 Å². The van der Waals surface area contributed by atoms with Gasteiger partial charge < -0.3 is 25.8 Å². The first-order valence-electron chi connectivity index (χ1n) is 12.5. The Labute approximate surface area is 243 Å². The maximum absolute atomic E-state index is 13.2. The Bertz CT molecular complexity index is 1370. The minimum atomic E-state index is -0.815. The molecule has 11 nitrogen and oxygen atoms in total. The molecule has 13 heteroatoms. The Hall–Kier alpha value is -3.67. The van der Waals surface area contributed by atoms with Gasteiger partial charge in [-0.3, -0.25) is 19.1 Å². The first-order valence-corrected chi connectivity index (χ1v) is 13.2. The van der Waals surface area contributed by atoms with Gasteiger partial charge in [0.25, 0.3) is 11.5 Å². The molecule has 2 heterocycles. The van der Waals surface area contributed by atoms with Crippen molar-refractivity contribution in [1.82, 2.24) is 19.9 Å². The molecule has 0 saturated carbocycles. The van der Waals surface area contributed by atoms with E-state index in [2.05, 4.69) is 20.6 Å². The number of methoxy groups -OCH3 is 1. The molecule has 0 radical (unpaired) electrons. The predicted octanol–water partition coefficient (Wildman–Crippen LogP) is 5.40. The Balaban J connectivity index is 0.00000274. The van der Waals surface area contributed by atoms with E-state index in [0.29, 0.717) is 18.6 Å². The predicted molar refractivity (Wildman–Crippen MR) is 156 cm³/mol. The van der Waals surface area contributed by atoms with E-state index in [0.717, 1.165) is 10.9 Å². The van der Waals surface area contributed by atoms with Crippen LogP contribution >= 0.6 is 23.2 Å². The number of benzene rings is 1. The molecule has 0 saturated heterocycles. The molecular weight excluding hydrogens is 559 g/mol. The van der Waals surface area contributed by atoms with Crippen molar-refractivity contribution >= 4 is 46.7 Å². The molecule has 1 aromatic carbocycles.